The quantitative estimate of drug-likeness (QED) is 0.506. The number of para-hydroxylation sites is 1. The Balaban J connectivity index is 1.65. The van der Waals surface area contributed by atoms with E-state index < -0.39 is 11.7 Å². The normalized spacial score (nSPS) is 10.5. The maximum atomic E-state index is 13.9. The molecule has 1 amide bonds. The highest BCUT2D eigenvalue weighted by Crippen LogP contribution is 2.18. The van der Waals surface area contributed by atoms with E-state index in [0.29, 0.717) is 11.3 Å². The van der Waals surface area contributed by atoms with Gasteiger partial charge in [-0.3, -0.25) is 4.79 Å². The molecule has 0 unspecified atom stereocenters. The summed E-state index contributed by atoms with van der Waals surface area (Å²) in [5, 5.41) is 12.6. The van der Waals surface area contributed by atoms with E-state index in [1.165, 1.54) is 30.5 Å². The maximum Gasteiger partial charge on any atom is 0.274 e. The summed E-state index contributed by atoms with van der Waals surface area (Å²) in [5.41, 5.74) is 3.53. The molecule has 5 nitrogen and oxygen atoms in total. The molecule has 144 valence electrons. The molecular formula is C22H15F2N3O2. The molecule has 0 radical (unpaired) electrons. The van der Waals surface area contributed by atoms with E-state index in [0.717, 1.165) is 11.6 Å². The van der Waals surface area contributed by atoms with Gasteiger partial charge in [-0.15, -0.1) is 0 Å². The van der Waals surface area contributed by atoms with Crippen LogP contribution in [0.25, 0.3) is 0 Å². The van der Waals surface area contributed by atoms with Crippen molar-refractivity contribution in [2.24, 2.45) is 5.10 Å². The number of rotatable bonds is 6. The molecule has 0 aliphatic heterocycles. The standard InChI is InChI=1S/C22H15F2N3O2/c23-18-8-5-15(6-9-18)14-29-21-4-2-1-3-17(21)13-26-27-22(28)19-10-7-16(12-25)11-20(19)24/h1-11,13H,14H2,(H,27,28)/b26-13+. The fraction of sp³-hybridized carbons (Fsp3) is 0.0455. The summed E-state index contributed by atoms with van der Waals surface area (Å²) < 4.78 is 32.6. The van der Waals surface area contributed by atoms with Crippen molar-refractivity contribution in [3.8, 4) is 11.8 Å². The van der Waals surface area contributed by atoms with Crippen LogP contribution in [-0.4, -0.2) is 12.1 Å². The van der Waals surface area contributed by atoms with E-state index >= 15 is 0 Å². The van der Waals surface area contributed by atoms with Gasteiger partial charge in [-0.05, 0) is 48.0 Å². The lowest BCUT2D eigenvalue weighted by Crippen LogP contribution is -2.19. The van der Waals surface area contributed by atoms with Crippen LogP contribution >= 0.6 is 0 Å². The van der Waals surface area contributed by atoms with Gasteiger partial charge in [-0.2, -0.15) is 10.4 Å². The zero-order valence-corrected chi connectivity index (χ0v) is 15.1. The summed E-state index contributed by atoms with van der Waals surface area (Å²) in [7, 11) is 0. The molecule has 3 rings (SSSR count). The summed E-state index contributed by atoms with van der Waals surface area (Å²) in [6.45, 7) is 0.230. The fourth-order valence-electron chi connectivity index (χ4n) is 2.45. The average Bonchev–Trinajstić information content (AvgIpc) is 2.74. The third kappa shape index (κ3) is 5.23. The number of hydrogen-bond acceptors (Lipinski definition) is 4. The predicted molar refractivity (Wildman–Crippen MR) is 103 cm³/mol. The Labute approximate surface area is 165 Å². The average molecular weight is 391 g/mol. The molecule has 3 aromatic carbocycles. The van der Waals surface area contributed by atoms with Gasteiger partial charge < -0.3 is 4.74 Å². The smallest absolute Gasteiger partial charge is 0.274 e. The van der Waals surface area contributed by atoms with Gasteiger partial charge in [0.25, 0.3) is 5.91 Å². The summed E-state index contributed by atoms with van der Waals surface area (Å²) in [6, 6.07) is 18.3. The van der Waals surface area contributed by atoms with Crippen molar-refractivity contribution in [2.45, 2.75) is 6.61 Å². The highest BCUT2D eigenvalue weighted by atomic mass is 19.1. The predicted octanol–water partition coefficient (Wildman–Crippen LogP) is 4.18. The number of hydrogen-bond donors (Lipinski definition) is 1. The van der Waals surface area contributed by atoms with E-state index in [2.05, 4.69) is 10.5 Å². The molecule has 1 N–H and O–H groups in total. The summed E-state index contributed by atoms with van der Waals surface area (Å²) >= 11 is 0. The topological polar surface area (TPSA) is 74.5 Å². The lowest BCUT2D eigenvalue weighted by Gasteiger charge is -2.09. The number of halogens is 2. The maximum absolute atomic E-state index is 13.9. The molecule has 0 aliphatic rings. The zero-order valence-electron chi connectivity index (χ0n) is 15.1. The Morgan fingerprint density at radius 3 is 2.59 bits per heavy atom. The van der Waals surface area contributed by atoms with Crippen LogP contribution < -0.4 is 10.2 Å². The van der Waals surface area contributed by atoms with Crippen LogP contribution in [0.1, 0.15) is 27.0 Å². The third-order valence-corrected chi connectivity index (χ3v) is 3.94. The van der Waals surface area contributed by atoms with Gasteiger partial charge in [0.15, 0.2) is 0 Å². The minimum Gasteiger partial charge on any atom is -0.488 e. The molecule has 0 fully saturated rings. The molecule has 0 heterocycles. The van der Waals surface area contributed by atoms with Crippen molar-refractivity contribution >= 4 is 12.1 Å². The Bertz CT molecular complexity index is 1090. The Hall–Kier alpha value is -4.05. The first-order valence-corrected chi connectivity index (χ1v) is 8.56. The second-order valence-electron chi connectivity index (χ2n) is 5.96. The van der Waals surface area contributed by atoms with Gasteiger partial charge >= 0.3 is 0 Å². The van der Waals surface area contributed by atoms with Crippen LogP contribution in [0.15, 0.2) is 71.8 Å². The van der Waals surface area contributed by atoms with Crippen molar-refractivity contribution < 1.29 is 18.3 Å². The number of carbonyl (C=O) groups excluding carboxylic acids is 1. The van der Waals surface area contributed by atoms with E-state index in [4.69, 9.17) is 10.00 Å². The van der Waals surface area contributed by atoms with Gasteiger partial charge in [0.1, 0.15) is 24.0 Å². The van der Waals surface area contributed by atoms with Crippen LogP contribution in [0.2, 0.25) is 0 Å². The third-order valence-electron chi connectivity index (χ3n) is 3.94. The molecule has 0 spiro atoms. The second-order valence-corrected chi connectivity index (χ2v) is 5.96. The molecule has 0 saturated heterocycles. The number of nitrogens with zero attached hydrogens (tertiary/aromatic N) is 2. The van der Waals surface area contributed by atoms with Crippen LogP contribution in [0, 0.1) is 23.0 Å². The number of hydrazone groups is 1. The molecule has 0 aliphatic carbocycles. The van der Waals surface area contributed by atoms with Crippen molar-refractivity contribution in [3.05, 3.63) is 101 Å². The van der Waals surface area contributed by atoms with Crippen molar-refractivity contribution in [1.82, 2.24) is 5.43 Å². The van der Waals surface area contributed by atoms with E-state index in [9.17, 15) is 13.6 Å². The van der Waals surface area contributed by atoms with Crippen LogP contribution in [0.4, 0.5) is 8.78 Å². The zero-order chi connectivity index (χ0) is 20.6. The van der Waals surface area contributed by atoms with Gasteiger partial charge in [-0.1, -0.05) is 24.3 Å². The fourth-order valence-corrected chi connectivity index (χ4v) is 2.45. The summed E-state index contributed by atoms with van der Waals surface area (Å²) in [6.07, 6.45) is 1.37. The minimum absolute atomic E-state index is 0.120. The van der Waals surface area contributed by atoms with Gasteiger partial charge in [0, 0.05) is 5.56 Å². The van der Waals surface area contributed by atoms with Crippen LogP contribution in [0.3, 0.4) is 0 Å². The first-order valence-electron chi connectivity index (χ1n) is 8.56. The molecule has 0 atom stereocenters. The first-order chi connectivity index (χ1) is 14.1. The molecular weight excluding hydrogens is 376 g/mol. The first kappa shape index (κ1) is 19.7. The Morgan fingerprint density at radius 1 is 1.10 bits per heavy atom. The monoisotopic (exact) mass is 391 g/mol. The van der Waals surface area contributed by atoms with Gasteiger partial charge in [0.2, 0.25) is 0 Å². The number of amides is 1. The highest BCUT2D eigenvalue weighted by Gasteiger charge is 2.11. The van der Waals surface area contributed by atoms with Crippen molar-refractivity contribution in [3.63, 3.8) is 0 Å². The van der Waals surface area contributed by atoms with E-state index in [1.54, 1.807) is 42.5 Å². The number of ether oxygens (including phenoxy) is 1. The minimum atomic E-state index is -0.806. The number of nitrogens with one attached hydrogen (secondary N) is 1. The lowest BCUT2D eigenvalue weighted by molar-refractivity contribution is 0.0951. The molecule has 0 bridgehead atoms. The molecule has 0 saturated carbocycles. The summed E-state index contributed by atoms with van der Waals surface area (Å²) in [4.78, 5) is 12.1. The van der Waals surface area contributed by atoms with Gasteiger partial charge in [0.05, 0.1) is 23.4 Å². The summed E-state index contributed by atoms with van der Waals surface area (Å²) in [5.74, 6) is -1.36. The molecule has 29 heavy (non-hydrogen) atoms. The van der Waals surface area contributed by atoms with Crippen LogP contribution in [0.5, 0.6) is 5.75 Å². The van der Waals surface area contributed by atoms with Crippen molar-refractivity contribution in [1.29, 1.82) is 5.26 Å². The Kier molecular flexibility index (Phi) is 6.28. The van der Waals surface area contributed by atoms with Gasteiger partial charge in [-0.25, -0.2) is 14.2 Å². The van der Waals surface area contributed by atoms with E-state index in [-0.39, 0.29) is 23.6 Å². The largest absolute Gasteiger partial charge is 0.488 e. The number of carbonyl (C=O) groups is 1. The van der Waals surface area contributed by atoms with E-state index in [1.807, 2.05) is 0 Å². The van der Waals surface area contributed by atoms with Crippen LogP contribution in [-0.2, 0) is 6.61 Å². The molecule has 3 aromatic rings. The SMILES string of the molecule is N#Cc1ccc(C(=O)N/N=C/c2ccccc2OCc2ccc(F)cc2)c(F)c1. The number of nitriles is 1. The second kappa shape index (κ2) is 9.24. The van der Waals surface area contributed by atoms with Crippen molar-refractivity contribution in [2.75, 3.05) is 0 Å². The molecule has 7 heteroatoms. The number of benzene rings is 3. The Morgan fingerprint density at radius 2 is 1.86 bits per heavy atom. The lowest BCUT2D eigenvalue weighted by atomic mass is 10.1. The highest BCUT2D eigenvalue weighted by molar-refractivity contribution is 5.95. The molecule has 0 aromatic heterocycles.